The maximum Gasteiger partial charge on any atom is 0.250 e. The third kappa shape index (κ3) is 1.97. The fourth-order valence-electron chi connectivity index (χ4n) is 2.52. The van der Waals surface area contributed by atoms with E-state index in [0.29, 0.717) is 6.54 Å². The van der Waals surface area contributed by atoms with Crippen LogP contribution in [-0.2, 0) is 4.79 Å². The number of benzene rings is 2. The van der Waals surface area contributed by atoms with Gasteiger partial charge in [-0.1, -0.05) is 29.8 Å². The highest BCUT2D eigenvalue weighted by atomic mass is 16.2. The molecule has 0 fully saturated rings. The highest BCUT2D eigenvalue weighted by Crippen LogP contribution is 2.36. The average Bonchev–Trinajstić information content (AvgIpc) is 2.40. The highest BCUT2D eigenvalue weighted by Gasteiger charge is 2.25. The van der Waals surface area contributed by atoms with E-state index >= 15 is 0 Å². The standard InChI is InChI=1S/C16H16N2O/c1-11-7-8-14(12(2)9-11)18-15-6-4-3-5-13(15)17-10-16(18)19/h3-9,17H,10H2,1-2H3. The summed E-state index contributed by atoms with van der Waals surface area (Å²) in [7, 11) is 0. The second-order valence-corrected chi connectivity index (χ2v) is 4.89. The molecule has 1 heterocycles. The Kier molecular flexibility index (Phi) is 2.75. The van der Waals surface area contributed by atoms with Crippen LogP contribution in [0.3, 0.4) is 0 Å². The summed E-state index contributed by atoms with van der Waals surface area (Å²) in [5.41, 5.74) is 5.21. The van der Waals surface area contributed by atoms with Gasteiger partial charge in [0.1, 0.15) is 0 Å². The number of rotatable bonds is 1. The predicted molar refractivity (Wildman–Crippen MR) is 78.0 cm³/mol. The molecule has 3 rings (SSSR count). The van der Waals surface area contributed by atoms with Crippen molar-refractivity contribution in [2.75, 3.05) is 16.8 Å². The van der Waals surface area contributed by atoms with E-state index in [2.05, 4.69) is 18.3 Å². The van der Waals surface area contributed by atoms with Crippen LogP contribution in [0.5, 0.6) is 0 Å². The molecule has 0 radical (unpaired) electrons. The summed E-state index contributed by atoms with van der Waals surface area (Å²) >= 11 is 0. The minimum atomic E-state index is 0.0747. The lowest BCUT2D eigenvalue weighted by Crippen LogP contribution is -2.36. The molecule has 3 heteroatoms. The SMILES string of the molecule is Cc1ccc(N2C(=O)CNc3ccccc32)c(C)c1. The molecule has 19 heavy (non-hydrogen) atoms. The van der Waals surface area contributed by atoms with Gasteiger partial charge in [0.05, 0.1) is 23.6 Å². The molecule has 0 saturated carbocycles. The number of nitrogens with zero attached hydrogens (tertiary/aromatic N) is 1. The second kappa shape index (κ2) is 4.43. The number of aryl methyl sites for hydroxylation is 2. The van der Waals surface area contributed by atoms with E-state index in [1.165, 1.54) is 5.56 Å². The van der Waals surface area contributed by atoms with Crippen LogP contribution in [0.2, 0.25) is 0 Å². The molecule has 1 aliphatic heterocycles. The molecule has 0 bridgehead atoms. The second-order valence-electron chi connectivity index (χ2n) is 4.89. The average molecular weight is 252 g/mol. The molecular formula is C16H16N2O. The molecule has 0 aliphatic carbocycles. The maximum atomic E-state index is 12.3. The van der Waals surface area contributed by atoms with Crippen LogP contribution >= 0.6 is 0 Å². The molecule has 96 valence electrons. The lowest BCUT2D eigenvalue weighted by molar-refractivity contribution is -0.116. The number of amides is 1. The third-order valence-corrected chi connectivity index (χ3v) is 3.42. The van der Waals surface area contributed by atoms with Gasteiger partial charge in [0.15, 0.2) is 0 Å². The number of anilines is 3. The summed E-state index contributed by atoms with van der Waals surface area (Å²) in [4.78, 5) is 14.1. The molecular weight excluding hydrogens is 236 g/mol. The summed E-state index contributed by atoms with van der Waals surface area (Å²) in [6.07, 6.45) is 0. The Balaban J connectivity index is 2.16. The number of carbonyl (C=O) groups is 1. The molecule has 0 spiro atoms. The van der Waals surface area contributed by atoms with E-state index in [1.807, 2.05) is 43.3 Å². The van der Waals surface area contributed by atoms with E-state index in [1.54, 1.807) is 4.90 Å². The molecule has 0 unspecified atom stereocenters. The number of para-hydroxylation sites is 2. The number of hydrogen-bond donors (Lipinski definition) is 1. The quantitative estimate of drug-likeness (QED) is 0.843. The van der Waals surface area contributed by atoms with Crippen LogP contribution in [0.25, 0.3) is 0 Å². The van der Waals surface area contributed by atoms with E-state index in [9.17, 15) is 4.79 Å². The molecule has 0 saturated heterocycles. The van der Waals surface area contributed by atoms with Crippen molar-refractivity contribution in [1.82, 2.24) is 0 Å². The Morgan fingerprint density at radius 1 is 1.05 bits per heavy atom. The van der Waals surface area contributed by atoms with Crippen molar-refractivity contribution < 1.29 is 4.79 Å². The van der Waals surface area contributed by atoms with Gasteiger partial charge in [-0.15, -0.1) is 0 Å². The number of fused-ring (bicyclic) bond motifs is 1. The first-order chi connectivity index (χ1) is 9.16. The predicted octanol–water partition coefficient (Wildman–Crippen LogP) is 3.39. The van der Waals surface area contributed by atoms with Gasteiger partial charge in [0, 0.05) is 0 Å². The molecule has 1 amide bonds. The Morgan fingerprint density at radius 2 is 1.84 bits per heavy atom. The highest BCUT2D eigenvalue weighted by molar-refractivity contribution is 6.08. The first-order valence-corrected chi connectivity index (χ1v) is 6.40. The molecule has 2 aromatic carbocycles. The van der Waals surface area contributed by atoms with E-state index in [4.69, 9.17) is 0 Å². The Labute approximate surface area is 112 Å². The van der Waals surface area contributed by atoms with Gasteiger partial charge in [0.25, 0.3) is 5.91 Å². The van der Waals surface area contributed by atoms with E-state index < -0.39 is 0 Å². The fourth-order valence-corrected chi connectivity index (χ4v) is 2.52. The minimum absolute atomic E-state index is 0.0747. The van der Waals surface area contributed by atoms with Gasteiger partial charge in [-0.3, -0.25) is 9.69 Å². The summed E-state index contributed by atoms with van der Waals surface area (Å²) in [6, 6.07) is 14.1. The van der Waals surface area contributed by atoms with Crippen LogP contribution in [0.1, 0.15) is 11.1 Å². The summed E-state index contributed by atoms with van der Waals surface area (Å²) in [5.74, 6) is 0.0747. The number of carbonyl (C=O) groups excluding carboxylic acids is 1. The van der Waals surface area contributed by atoms with Crippen molar-refractivity contribution in [3.05, 3.63) is 53.6 Å². The monoisotopic (exact) mass is 252 g/mol. The van der Waals surface area contributed by atoms with E-state index in [0.717, 1.165) is 22.6 Å². The number of hydrogen-bond acceptors (Lipinski definition) is 2. The van der Waals surface area contributed by atoms with E-state index in [-0.39, 0.29) is 5.91 Å². The molecule has 0 atom stereocenters. The van der Waals surface area contributed by atoms with Gasteiger partial charge < -0.3 is 5.32 Å². The zero-order chi connectivity index (χ0) is 13.4. The Hall–Kier alpha value is -2.29. The Morgan fingerprint density at radius 3 is 2.63 bits per heavy atom. The van der Waals surface area contributed by atoms with Gasteiger partial charge in [0.2, 0.25) is 0 Å². The largest absolute Gasteiger partial charge is 0.374 e. The van der Waals surface area contributed by atoms with Crippen LogP contribution in [0.15, 0.2) is 42.5 Å². The molecule has 1 aliphatic rings. The van der Waals surface area contributed by atoms with Gasteiger partial charge in [-0.05, 0) is 37.6 Å². The molecule has 3 nitrogen and oxygen atoms in total. The smallest absolute Gasteiger partial charge is 0.250 e. The van der Waals surface area contributed by atoms with Crippen LogP contribution < -0.4 is 10.2 Å². The summed E-state index contributed by atoms with van der Waals surface area (Å²) in [6.45, 7) is 4.44. The normalized spacial score (nSPS) is 14.0. The Bertz CT molecular complexity index is 649. The topological polar surface area (TPSA) is 32.3 Å². The van der Waals surface area contributed by atoms with Crippen molar-refractivity contribution in [2.24, 2.45) is 0 Å². The first kappa shape index (κ1) is 11.8. The lowest BCUT2D eigenvalue weighted by atomic mass is 10.1. The van der Waals surface area contributed by atoms with Gasteiger partial charge in [-0.25, -0.2) is 0 Å². The summed E-state index contributed by atoms with van der Waals surface area (Å²) in [5, 5.41) is 3.15. The number of nitrogens with one attached hydrogen (secondary N) is 1. The van der Waals surface area contributed by atoms with Gasteiger partial charge in [-0.2, -0.15) is 0 Å². The van der Waals surface area contributed by atoms with Crippen molar-refractivity contribution in [1.29, 1.82) is 0 Å². The van der Waals surface area contributed by atoms with Crippen LogP contribution in [0, 0.1) is 13.8 Å². The molecule has 1 N–H and O–H groups in total. The fraction of sp³-hybridized carbons (Fsp3) is 0.188. The van der Waals surface area contributed by atoms with Crippen LogP contribution in [0.4, 0.5) is 17.1 Å². The van der Waals surface area contributed by atoms with Gasteiger partial charge >= 0.3 is 0 Å². The van der Waals surface area contributed by atoms with Crippen molar-refractivity contribution in [2.45, 2.75) is 13.8 Å². The van der Waals surface area contributed by atoms with Crippen molar-refractivity contribution in [3.8, 4) is 0 Å². The van der Waals surface area contributed by atoms with Crippen molar-refractivity contribution in [3.63, 3.8) is 0 Å². The lowest BCUT2D eigenvalue weighted by Gasteiger charge is -2.31. The summed E-state index contributed by atoms with van der Waals surface area (Å²) < 4.78 is 0. The van der Waals surface area contributed by atoms with Crippen molar-refractivity contribution >= 4 is 23.0 Å². The molecule has 2 aromatic rings. The van der Waals surface area contributed by atoms with Crippen LogP contribution in [-0.4, -0.2) is 12.5 Å². The zero-order valence-electron chi connectivity index (χ0n) is 11.1. The third-order valence-electron chi connectivity index (χ3n) is 3.42. The minimum Gasteiger partial charge on any atom is -0.374 e. The first-order valence-electron chi connectivity index (χ1n) is 6.40. The maximum absolute atomic E-state index is 12.3. The molecule has 0 aromatic heterocycles. The zero-order valence-corrected chi connectivity index (χ0v) is 11.1.